The maximum Gasteiger partial charge on any atom is 0.494 e. The molecule has 482 valence electrons. The second-order valence-corrected chi connectivity index (χ2v) is 29.1. The van der Waals surface area contributed by atoms with E-state index in [9.17, 15) is 12.6 Å². The fourth-order valence-corrected chi connectivity index (χ4v) is 13.7. The van der Waals surface area contributed by atoms with Crippen LogP contribution in [0.5, 0.6) is 0 Å². The molecule has 1 heterocycles. The van der Waals surface area contributed by atoms with E-state index in [0.717, 1.165) is 38.1 Å². The maximum atomic E-state index is 12.2. The minimum atomic E-state index is -3.42. The lowest BCUT2D eigenvalue weighted by molar-refractivity contribution is 0.00578. The first kappa shape index (κ1) is 74.7. The molecule has 13 nitrogen and oxygen atoms in total. The molecule has 1 fully saturated rings. The van der Waals surface area contributed by atoms with Crippen LogP contribution in [0.1, 0.15) is 55.5 Å². The highest BCUT2D eigenvalue weighted by atomic mass is 32.2. The predicted molar refractivity (Wildman–Crippen MR) is 389 cm³/mol. The number of rotatable bonds is 20. The highest BCUT2D eigenvalue weighted by Gasteiger charge is 2.51. The minimum absolute atomic E-state index is 0.0745. The summed E-state index contributed by atoms with van der Waals surface area (Å²) >= 11 is 5.30. The first-order valence-electron chi connectivity index (χ1n) is 30.0. The number of hydrogen-bond donors (Lipinski definition) is 8. The van der Waals surface area contributed by atoms with E-state index in [1.807, 2.05) is 115 Å². The highest BCUT2D eigenvalue weighted by molar-refractivity contribution is 7.99. The van der Waals surface area contributed by atoms with E-state index in [1.165, 1.54) is 45.9 Å². The van der Waals surface area contributed by atoms with Crippen molar-refractivity contribution in [1.82, 2.24) is 0 Å². The number of benzene rings is 10. The van der Waals surface area contributed by atoms with Gasteiger partial charge in [0, 0.05) is 36.8 Å². The van der Waals surface area contributed by atoms with Gasteiger partial charge in [-0.05, 0) is 143 Å². The Labute approximate surface area is 569 Å². The topological polar surface area (TPSA) is 232 Å². The third-order valence-electron chi connectivity index (χ3n) is 14.8. The van der Waals surface area contributed by atoms with E-state index < -0.39 is 49.1 Å². The van der Waals surface area contributed by atoms with Crippen molar-refractivity contribution in [3.05, 3.63) is 301 Å². The zero-order valence-electron chi connectivity index (χ0n) is 52.6. The van der Waals surface area contributed by atoms with Gasteiger partial charge in [0.05, 0.1) is 38.4 Å². The summed E-state index contributed by atoms with van der Waals surface area (Å²) in [6.07, 6.45) is 0. The molecule has 1 saturated heterocycles. The Morgan fingerprint density at radius 1 is 0.372 bits per heavy atom. The summed E-state index contributed by atoms with van der Waals surface area (Å²) in [5.41, 5.74) is 7.83. The van der Waals surface area contributed by atoms with Crippen molar-refractivity contribution in [2.75, 3.05) is 0 Å². The second kappa shape index (κ2) is 37.5. The molecule has 8 N–H and O–H groups in total. The lowest BCUT2D eigenvalue weighted by Gasteiger charge is -2.32. The van der Waals surface area contributed by atoms with E-state index >= 15 is 0 Å². The van der Waals surface area contributed by atoms with Gasteiger partial charge in [0.15, 0.2) is 9.84 Å². The molecule has 0 amide bonds. The van der Waals surface area contributed by atoms with Crippen LogP contribution in [0, 0.1) is 0 Å². The first-order chi connectivity index (χ1) is 45.0. The third kappa shape index (κ3) is 24.8. The SMILES string of the molecule is CC1(C)OB(c2ccc(SCc3ccccc3)cc2)OC1(C)C.O=S(=O)(Cc1ccccc1)c1ccc(B(O)O)cc1.O=S(Cc1ccccc1)c1ccc(B(O)O)cc1.OB(O)c1ccc(SCc2ccccc2)cc1.OB(O)c1ccc(SCc2ccccc2)cc1. The molecule has 1 aliphatic heterocycles. The van der Waals surface area contributed by atoms with Gasteiger partial charge in [0.2, 0.25) is 0 Å². The fourth-order valence-electron chi connectivity index (χ4n) is 8.72. The van der Waals surface area contributed by atoms with Crippen LogP contribution < -0.4 is 27.3 Å². The Bertz CT molecular complexity index is 3830. The standard InChI is InChI=1S/C19H23BO2S.C13H13BO4S.C13H13BO3S.2C13H13BO2S/c1-18(2)19(3,4)22-20(21-18)16-10-12-17(13-11-16)23-14-15-8-6-5-7-9-15;15-14(16)12-6-8-13(9-7-12)19(17,18)10-11-4-2-1-3-5-11;15-14(16)12-6-8-13(9-7-12)18(17)10-11-4-2-1-3-5-11;2*15-14(16)12-6-8-13(9-7-12)17-10-11-4-2-1-3-5-11/h5-13H,14H2,1-4H3;1-9,15-16H,10H2;1-9,15-16H,10H2;2*1-9,15-16H,10H2. The molecule has 0 aliphatic carbocycles. The van der Waals surface area contributed by atoms with E-state index in [1.54, 1.807) is 96.3 Å². The maximum absolute atomic E-state index is 12.2. The van der Waals surface area contributed by atoms with Gasteiger partial charge in [-0.25, -0.2) is 8.42 Å². The fraction of sp³-hybridized carbons (Fsp3) is 0.155. The van der Waals surface area contributed by atoms with Crippen molar-refractivity contribution in [1.29, 1.82) is 0 Å². The molecular formula is C71H75B5O13S5. The lowest BCUT2D eigenvalue weighted by Crippen LogP contribution is -2.41. The van der Waals surface area contributed by atoms with Crippen LogP contribution in [0.2, 0.25) is 0 Å². The molecule has 0 radical (unpaired) electrons. The van der Waals surface area contributed by atoms with Crippen LogP contribution in [0.15, 0.2) is 297 Å². The Morgan fingerprint density at radius 3 is 0.968 bits per heavy atom. The highest BCUT2D eigenvalue weighted by Crippen LogP contribution is 2.37. The van der Waals surface area contributed by atoms with Gasteiger partial charge in [0.25, 0.3) is 0 Å². The summed E-state index contributed by atoms with van der Waals surface area (Å²) in [6.45, 7) is 8.32. The van der Waals surface area contributed by atoms with Crippen LogP contribution >= 0.6 is 35.3 Å². The molecule has 0 bridgehead atoms. The molecule has 11 rings (SSSR count). The summed E-state index contributed by atoms with van der Waals surface area (Å²) in [5, 5.41) is 71.7. The molecule has 23 heteroatoms. The van der Waals surface area contributed by atoms with E-state index in [-0.39, 0.29) is 34.4 Å². The largest absolute Gasteiger partial charge is 0.494 e. The van der Waals surface area contributed by atoms with Crippen LogP contribution in [-0.2, 0) is 58.7 Å². The molecule has 0 spiro atoms. The summed E-state index contributed by atoms with van der Waals surface area (Å²) in [4.78, 5) is 4.36. The van der Waals surface area contributed by atoms with E-state index in [0.29, 0.717) is 32.6 Å². The molecule has 1 unspecified atom stereocenters. The molecule has 0 saturated carbocycles. The van der Waals surface area contributed by atoms with Crippen molar-refractivity contribution in [3.63, 3.8) is 0 Å². The number of sulfone groups is 1. The number of thioether (sulfide) groups is 3. The van der Waals surface area contributed by atoms with Gasteiger partial charge in [-0.2, -0.15) is 0 Å². The number of hydrogen-bond acceptors (Lipinski definition) is 16. The minimum Gasteiger partial charge on any atom is -0.423 e. The lowest BCUT2D eigenvalue weighted by atomic mass is 9.79. The molecule has 94 heavy (non-hydrogen) atoms. The summed E-state index contributed by atoms with van der Waals surface area (Å²) in [5.74, 6) is 3.21. The van der Waals surface area contributed by atoms with E-state index in [2.05, 4.69) is 100 Å². The van der Waals surface area contributed by atoms with Crippen LogP contribution in [0.4, 0.5) is 0 Å². The van der Waals surface area contributed by atoms with Crippen LogP contribution in [0.25, 0.3) is 0 Å². The average Bonchev–Trinajstić information content (AvgIpc) is 1.65. The Balaban J connectivity index is 0.000000167. The normalized spacial score (nSPS) is 13.0. The average molecular weight is 1350 g/mol. The van der Waals surface area contributed by atoms with Crippen LogP contribution in [-0.4, -0.2) is 99.6 Å². The van der Waals surface area contributed by atoms with Crippen molar-refractivity contribution in [2.24, 2.45) is 0 Å². The van der Waals surface area contributed by atoms with Crippen molar-refractivity contribution < 1.29 is 62.1 Å². The smallest absolute Gasteiger partial charge is 0.423 e. The van der Waals surface area contributed by atoms with Gasteiger partial charge >= 0.3 is 35.6 Å². The molecule has 10 aromatic carbocycles. The van der Waals surface area contributed by atoms with Gasteiger partial charge in [0.1, 0.15) is 0 Å². The van der Waals surface area contributed by atoms with Crippen molar-refractivity contribution >= 4 is 119 Å². The summed E-state index contributed by atoms with van der Waals surface area (Å²) in [7, 11) is -10.7. The van der Waals surface area contributed by atoms with Crippen LogP contribution in [0.3, 0.4) is 0 Å². The Hall–Kier alpha value is -6.73. The molecular weight excluding hydrogens is 1280 g/mol. The summed E-state index contributed by atoms with van der Waals surface area (Å²) in [6, 6.07) is 84.6. The zero-order valence-corrected chi connectivity index (χ0v) is 56.6. The van der Waals surface area contributed by atoms with Gasteiger partial charge in [-0.15, -0.1) is 35.3 Å². The Kier molecular flexibility index (Phi) is 29.8. The third-order valence-corrected chi connectivity index (χ3v) is 21.2. The van der Waals surface area contributed by atoms with Crippen molar-refractivity contribution in [3.8, 4) is 0 Å². The van der Waals surface area contributed by atoms with Gasteiger partial charge in [-0.1, -0.05) is 212 Å². The van der Waals surface area contributed by atoms with Crippen molar-refractivity contribution in [2.45, 2.75) is 92.1 Å². The predicted octanol–water partition coefficient (Wildman–Crippen LogP) is 8.61. The quantitative estimate of drug-likeness (QED) is 0.0264. The van der Waals surface area contributed by atoms with Gasteiger partial charge < -0.3 is 49.5 Å². The van der Waals surface area contributed by atoms with E-state index in [4.69, 9.17) is 49.5 Å². The molecule has 1 atom stereocenters. The monoisotopic (exact) mass is 1350 g/mol. The Morgan fingerprint density at radius 2 is 0.649 bits per heavy atom. The van der Waals surface area contributed by atoms with Gasteiger partial charge in [-0.3, -0.25) is 4.21 Å². The zero-order chi connectivity index (χ0) is 67.5. The second-order valence-electron chi connectivity index (χ2n) is 22.5. The first-order valence-corrected chi connectivity index (χ1v) is 36.0. The summed E-state index contributed by atoms with van der Waals surface area (Å²) < 4.78 is 48.6. The molecule has 1 aliphatic rings. The molecule has 10 aromatic rings. The molecule has 0 aromatic heterocycles.